The fourth-order valence-corrected chi connectivity index (χ4v) is 2.57. The van der Waals surface area contributed by atoms with Crippen LogP contribution in [0.1, 0.15) is 38.5 Å². The van der Waals surface area contributed by atoms with E-state index in [0.717, 1.165) is 12.8 Å². The van der Waals surface area contributed by atoms with Gasteiger partial charge in [0.25, 0.3) is 0 Å². The first kappa shape index (κ1) is 16.3. The highest BCUT2D eigenvalue weighted by molar-refractivity contribution is 5.93. The van der Waals surface area contributed by atoms with Gasteiger partial charge in [0, 0.05) is 11.7 Å². The molecule has 0 unspecified atom stereocenters. The Bertz CT molecular complexity index is 507. The molecule has 4 N–H and O–H groups in total. The Hall–Kier alpha value is -2.11. The van der Waals surface area contributed by atoms with Gasteiger partial charge in [0.15, 0.2) is 5.96 Å². The van der Waals surface area contributed by atoms with Crippen LogP contribution in [0.2, 0.25) is 0 Å². The molecule has 5 nitrogen and oxygen atoms in total. The zero-order valence-electron chi connectivity index (χ0n) is 12.6. The second-order valence-electron chi connectivity index (χ2n) is 5.59. The van der Waals surface area contributed by atoms with Crippen molar-refractivity contribution in [1.82, 2.24) is 5.32 Å². The molecule has 0 radical (unpaired) electrons. The van der Waals surface area contributed by atoms with Crippen LogP contribution in [0.5, 0.6) is 0 Å². The number of hydrogen-bond acceptors (Lipinski definition) is 2. The maximum atomic E-state index is 12.8. The van der Waals surface area contributed by atoms with Crippen LogP contribution in [0.25, 0.3) is 0 Å². The number of nitrogens with one attached hydrogen (secondary N) is 2. The first-order chi connectivity index (χ1) is 10.6. The quantitative estimate of drug-likeness (QED) is 0.454. The summed E-state index contributed by atoms with van der Waals surface area (Å²) in [7, 11) is 0. The molecule has 1 aromatic carbocycles. The lowest BCUT2D eigenvalue weighted by Gasteiger charge is -2.16. The molecular formula is C16H23FN4O. The molecule has 0 aliphatic heterocycles. The summed E-state index contributed by atoms with van der Waals surface area (Å²) in [5.41, 5.74) is 6.37. The highest BCUT2D eigenvalue weighted by Crippen LogP contribution is 2.16. The van der Waals surface area contributed by atoms with Crippen LogP contribution in [-0.2, 0) is 4.79 Å². The summed E-state index contributed by atoms with van der Waals surface area (Å²) in [6.45, 7) is -0.0526. The van der Waals surface area contributed by atoms with E-state index >= 15 is 0 Å². The molecule has 0 bridgehead atoms. The van der Waals surface area contributed by atoms with Gasteiger partial charge in [-0.05, 0) is 37.1 Å². The van der Waals surface area contributed by atoms with Crippen molar-refractivity contribution in [2.45, 2.75) is 44.6 Å². The molecule has 0 heterocycles. The fraction of sp³-hybridized carbons (Fsp3) is 0.500. The fourth-order valence-electron chi connectivity index (χ4n) is 2.57. The van der Waals surface area contributed by atoms with Gasteiger partial charge in [-0.3, -0.25) is 4.79 Å². The zero-order valence-corrected chi connectivity index (χ0v) is 12.6. The van der Waals surface area contributed by atoms with Crippen molar-refractivity contribution in [2.24, 2.45) is 10.7 Å². The number of anilines is 1. The maximum absolute atomic E-state index is 12.8. The number of halogens is 1. The molecule has 22 heavy (non-hydrogen) atoms. The van der Waals surface area contributed by atoms with Crippen LogP contribution in [0, 0.1) is 5.82 Å². The number of rotatable bonds is 4. The Kier molecular flexibility index (Phi) is 6.18. The first-order valence-electron chi connectivity index (χ1n) is 7.75. The number of nitrogens with zero attached hydrogens (tertiary/aromatic N) is 1. The smallest absolute Gasteiger partial charge is 0.246 e. The van der Waals surface area contributed by atoms with Crippen molar-refractivity contribution in [2.75, 3.05) is 11.9 Å². The molecule has 1 aromatic rings. The predicted molar refractivity (Wildman–Crippen MR) is 86.1 cm³/mol. The summed E-state index contributed by atoms with van der Waals surface area (Å²) in [5, 5.41) is 5.83. The van der Waals surface area contributed by atoms with E-state index in [4.69, 9.17) is 5.73 Å². The van der Waals surface area contributed by atoms with E-state index in [-0.39, 0.29) is 18.3 Å². The molecule has 0 atom stereocenters. The van der Waals surface area contributed by atoms with Gasteiger partial charge in [0.1, 0.15) is 12.4 Å². The lowest BCUT2D eigenvalue weighted by molar-refractivity contribution is -0.114. The minimum absolute atomic E-state index is 0.0526. The molecule has 0 aromatic heterocycles. The van der Waals surface area contributed by atoms with E-state index in [1.165, 1.54) is 49.9 Å². The van der Waals surface area contributed by atoms with E-state index in [0.29, 0.717) is 17.7 Å². The van der Waals surface area contributed by atoms with Crippen molar-refractivity contribution >= 4 is 17.6 Å². The monoisotopic (exact) mass is 306 g/mol. The highest BCUT2D eigenvalue weighted by atomic mass is 19.1. The molecule has 0 spiro atoms. The highest BCUT2D eigenvalue weighted by Gasteiger charge is 2.12. The topological polar surface area (TPSA) is 79.5 Å². The van der Waals surface area contributed by atoms with Gasteiger partial charge < -0.3 is 16.4 Å². The Labute approximate surface area is 130 Å². The Morgan fingerprint density at radius 1 is 1.18 bits per heavy atom. The summed E-state index contributed by atoms with van der Waals surface area (Å²) in [6.07, 6.45) is 7.15. The van der Waals surface area contributed by atoms with Crippen LogP contribution in [0.3, 0.4) is 0 Å². The van der Waals surface area contributed by atoms with Crippen molar-refractivity contribution in [3.05, 3.63) is 30.1 Å². The number of benzene rings is 1. The van der Waals surface area contributed by atoms with Gasteiger partial charge in [-0.2, -0.15) is 0 Å². The zero-order chi connectivity index (χ0) is 15.8. The van der Waals surface area contributed by atoms with Crippen molar-refractivity contribution in [1.29, 1.82) is 0 Å². The Morgan fingerprint density at radius 2 is 1.82 bits per heavy atom. The van der Waals surface area contributed by atoms with Gasteiger partial charge in [-0.15, -0.1) is 0 Å². The van der Waals surface area contributed by atoms with E-state index < -0.39 is 0 Å². The number of aliphatic imine (C=N–C) groups is 1. The normalized spacial score (nSPS) is 16.9. The Balaban J connectivity index is 1.76. The van der Waals surface area contributed by atoms with Gasteiger partial charge in [-0.25, -0.2) is 9.38 Å². The third-order valence-electron chi connectivity index (χ3n) is 3.73. The minimum Gasteiger partial charge on any atom is -0.370 e. The first-order valence-corrected chi connectivity index (χ1v) is 7.75. The number of hydrogen-bond donors (Lipinski definition) is 3. The SMILES string of the molecule is NC(=NCC(=O)Nc1ccc(F)cc1)NC1CCCCCC1. The summed E-state index contributed by atoms with van der Waals surface area (Å²) in [5.74, 6) is -0.314. The largest absolute Gasteiger partial charge is 0.370 e. The predicted octanol–water partition coefficient (Wildman–Crippen LogP) is 2.39. The molecule has 1 amide bonds. The number of amides is 1. The van der Waals surface area contributed by atoms with Crippen LogP contribution in [0.4, 0.5) is 10.1 Å². The number of nitrogens with two attached hydrogens (primary N) is 1. The molecule has 1 aliphatic carbocycles. The number of carbonyl (C=O) groups excluding carboxylic acids is 1. The lowest BCUT2D eigenvalue weighted by Crippen LogP contribution is -2.40. The van der Waals surface area contributed by atoms with Crippen molar-refractivity contribution in [3.8, 4) is 0 Å². The van der Waals surface area contributed by atoms with Crippen molar-refractivity contribution < 1.29 is 9.18 Å². The summed E-state index contributed by atoms with van der Waals surface area (Å²) in [6, 6.07) is 5.95. The molecule has 1 aliphatic rings. The summed E-state index contributed by atoms with van der Waals surface area (Å²) >= 11 is 0. The standard InChI is InChI=1S/C16H23FN4O/c17-12-7-9-14(10-8-12)20-15(22)11-19-16(18)21-13-5-3-1-2-4-6-13/h7-10,13H,1-6,11H2,(H,20,22)(H3,18,19,21). The van der Waals surface area contributed by atoms with Crippen LogP contribution in [-0.4, -0.2) is 24.5 Å². The molecule has 6 heteroatoms. The molecule has 2 rings (SSSR count). The number of guanidine groups is 1. The Morgan fingerprint density at radius 3 is 2.45 bits per heavy atom. The van der Waals surface area contributed by atoms with Crippen molar-refractivity contribution in [3.63, 3.8) is 0 Å². The van der Waals surface area contributed by atoms with E-state index in [2.05, 4.69) is 15.6 Å². The molecule has 0 saturated heterocycles. The second-order valence-corrected chi connectivity index (χ2v) is 5.59. The molecular weight excluding hydrogens is 283 g/mol. The van der Waals surface area contributed by atoms with Crippen LogP contribution < -0.4 is 16.4 Å². The van der Waals surface area contributed by atoms with Gasteiger partial charge in [-0.1, -0.05) is 25.7 Å². The molecule has 120 valence electrons. The third kappa shape index (κ3) is 5.71. The van der Waals surface area contributed by atoms with Gasteiger partial charge in [0.2, 0.25) is 5.91 Å². The van der Waals surface area contributed by atoms with Crippen LogP contribution in [0.15, 0.2) is 29.3 Å². The molecule has 1 fully saturated rings. The average molecular weight is 306 g/mol. The van der Waals surface area contributed by atoms with E-state index in [9.17, 15) is 9.18 Å². The van der Waals surface area contributed by atoms with E-state index in [1.54, 1.807) is 0 Å². The maximum Gasteiger partial charge on any atom is 0.246 e. The van der Waals surface area contributed by atoms with E-state index in [1.807, 2.05) is 0 Å². The summed E-state index contributed by atoms with van der Waals surface area (Å²) < 4.78 is 12.8. The van der Waals surface area contributed by atoms with Gasteiger partial charge in [0.05, 0.1) is 0 Å². The summed E-state index contributed by atoms with van der Waals surface area (Å²) in [4.78, 5) is 15.8. The molecule has 1 saturated carbocycles. The third-order valence-corrected chi connectivity index (χ3v) is 3.73. The van der Waals surface area contributed by atoms with Gasteiger partial charge >= 0.3 is 0 Å². The number of carbonyl (C=O) groups is 1. The lowest BCUT2D eigenvalue weighted by atomic mass is 10.1. The average Bonchev–Trinajstić information content (AvgIpc) is 2.76. The van der Waals surface area contributed by atoms with Crippen LogP contribution >= 0.6 is 0 Å². The second kappa shape index (κ2) is 8.36. The minimum atomic E-state index is -0.340.